The molecule has 1 aromatic carbocycles. The Kier molecular flexibility index (Phi) is 4.81. The molecule has 1 aromatic heterocycles. The summed E-state index contributed by atoms with van der Waals surface area (Å²) >= 11 is 0. The van der Waals surface area contributed by atoms with Crippen LogP contribution in [0.3, 0.4) is 0 Å². The van der Waals surface area contributed by atoms with Crippen LogP contribution in [-0.4, -0.2) is 38.6 Å². The highest BCUT2D eigenvalue weighted by Crippen LogP contribution is 2.31. The van der Waals surface area contributed by atoms with Gasteiger partial charge < -0.3 is 14.5 Å². The Hall–Kier alpha value is -2.40. The van der Waals surface area contributed by atoms with Crippen LogP contribution in [0.15, 0.2) is 42.6 Å². The number of nitrogens with zero attached hydrogens (tertiary/aromatic N) is 3. The number of ether oxygens (including phenoxy) is 1. The third-order valence-electron chi connectivity index (χ3n) is 4.38. The van der Waals surface area contributed by atoms with Gasteiger partial charge >= 0.3 is 0 Å². The molecule has 1 amide bonds. The predicted octanol–water partition coefficient (Wildman–Crippen LogP) is 2.81. The van der Waals surface area contributed by atoms with Crippen molar-refractivity contribution >= 4 is 17.4 Å². The number of rotatable bonds is 4. The molecule has 2 heterocycles. The summed E-state index contributed by atoms with van der Waals surface area (Å²) in [6, 6.07) is 12.0. The number of carbonyl (C=O) groups excluding carboxylic acids is 1. The topological polar surface area (TPSA) is 45.7 Å². The molecule has 1 aliphatic rings. The van der Waals surface area contributed by atoms with Crippen LogP contribution >= 0.6 is 0 Å². The average molecular weight is 325 g/mol. The maximum Gasteiger partial charge on any atom is 0.229 e. The van der Waals surface area contributed by atoms with Crippen LogP contribution < -0.4 is 9.80 Å². The molecular weight excluding hydrogens is 302 g/mol. The van der Waals surface area contributed by atoms with Crippen LogP contribution in [0.1, 0.15) is 23.7 Å². The van der Waals surface area contributed by atoms with Gasteiger partial charge in [0.15, 0.2) is 5.82 Å². The molecule has 2 aromatic rings. The number of hydrogen-bond donors (Lipinski definition) is 0. The summed E-state index contributed by atoms with van der Waals surface area (Å²) in [5.41, 5.74) is 3.21. The largest absolute Gasteiger partial charge is 0.373 e. The van der Waals surface area contributed by atoms with E-state index in [0.29, 0.717) is 13.0 Å². The highest BCUT2D eigenvalue weighted by Gasteiger charge is 2.26. The summed E-state index contributed by atoms with van der Waals surface area (Å²) in [7, 11) is 5.64. The van der Waals surface area contributed by atoms with Crippen molar-refractivity contribution in [2.24, 2.45) is 0 Å². The van der Waals surface area contributed by atoms with Crippen molar-refractivity contribution in [3.63, 3.8) is 0 Å². The molecule has 0 saturated carbocycles. The molecule has 1 atom stereocenters. The highest BCUT2D eigenvalue weighted by molar-refractivity contribution is 5.95. The summed E-state index contributed by atoms with van der Waals surface area (Å²) in [5, 5.41) is 0. The Bertz CT molecular complexity index is 730. The van der Waals surface area contributed by atoms with Crippen molar-refractivity contribution in [3.8, 4) is 0 Å². The first kappa shape index (κ1) is 16.5. The van der Waals surface area contributed by atoms with Gasteiger partial charge in [-0.3, -0.25) is 4.79 Å². The summed E-state index contributed by atoms with van der Waals surface area (Å²) in [6.45, 7) is 0.661. The van der Waals surface area contributed by atoms with Gasteiger partial charge in [0.2, 0.25) is 5.91 Å². The molecule has 1 aliphatic heterocycles. The lowest BCUT2D eigenvalue weighted by atomic mass is 9.95. The lowest BCUT2D eigenvalue weighted by molar-refractivity contribution is -0.121. The Labute approximate surface area is 142 Å². The fourth-order valence-corrected chi connectivity index (χ4v) is 3.07. The first-order valence-electron chi connectivity index (χ1n) is 8.16. The van der Waals surface area contributed by atoms with Crippen LogP contribution in [0, 0.1) is 0 Å². The SMILES string of the molecule is CN(C)c1ncccc1N(C)C(=O)CC1OCCc2ccccc21. The lowest BCUT2D eigenvalue weighted by Gasteiger charge is -2.28. The van der Waals surface area contributed by atoms with E-state index in [9.17, 15) is 4.79 Å². The van der Waals surface area contributed by atoms with Gasteiger partial charge in [-0.15, -0.1) is 0 Å². The smallest absolute Gasteiger partial charge is 0.229 e. The molecule has 5 heteroatoms. The van der Waals surface area contributed by atoms with E-state index in [1.165, 1.54) is 5.56 Å². The number of pyridine rings is 1. The fraction of sp³-hybridized carbons (Fsp3) is 0.368. The second kappa shape index (κ2) is 7.01. The molecule has 0 saturated heterocycles. The van der Waals surface area contributed by atoms with E-state index in [1.54, 1.807) is 18.1 Å². The molecule has 5 nitrogen and oxygen atoms in total. The minimum atomic E-state index is -0.177. The first-order chi connectivity index (χ1) is 11.6. The zero-order valence-electron chi connectivity index (χ0n) is 14.4. The van der Waals surface area contributed by atoms with E-state index in [-0.39, 0.29) is 12.0 Å². The normalized spacial score (nSPS) is 16.4. The highest BCUT2D eigenvalue weighted by atomic mass is 16.5. The van der Waals surface area contributed by atoms with Crippen molar-refractivity contribution in [2.45, 2.75) is 18.9 Å². The van der Waals surface area contributed by atoms with Gasteiger partial charge in [-0.1, -0.05) is 24.3 Å². The summed E-state index contributed by atoms with van der Waals surface area (Å²) < 4.78 is 5.87. The van der Waals surface area contributed by atoms with Crippen molar-refractivity contribution in [2.75, 3.05) is 37.5 Å². The quantitative estimate of drug-likeness (QED) is 0.867. The molecule has 0 radical (unpaired) electrons. The van der Waals surface area contributed by atoms with Crippen LogP contribution in [0.2, 0.25) is 0 Å². The van der Waals surface area contributed by atoms with E-state index in [4.69, 9.17) is 4.74 Å². The van der Waals surface area contributed by atoms with E-state index in [0.717, 1.165) is 23.5 Å². The minimum absolute atomic E-state index is 0.0211. The van der Waals surface area contributed by atoms with Crippen molar-refractivity contribution in [1.29, 1.82) is 0 Å². The fourth-order valence-electron chi connectivity index (χ4n) is 3.07. The van der Waals surface area contributed by atoms with Gasteiger partial charge in [0, 0.05) is 27.3 Å². The number of anilines is 2. The second-order valence-electron chi connectivity index (χ2n) is 6.21. The minimum Gasteiger partial charge on any atom is -0.373 e. The number of benzene rings is 1. The lowest BCUT2D eigenvalue weighted by Crippen LogP contribution is -2.31. The van der Waals surface area contributed by atoms with Gasteiger partial charge in [-0.25, -0.2) is 4.98 Å². The first-order valence-corrected chi connectivity index (χ1v) is 8.16. The van der Waals surface area contributed by atoms with Gasteiger partial charge in [0.05, 0.1) is 24.8 Å². The molecule has 0 spiro atoms. The van der Waals surface area contributed by atoms with Crippen LogP contribution in [0.25, 0.3) is 0 Å². The van der Waals surface area contributed by atoms with Gasteiger partial charge in [0.1, 0.15) is 0 Å². The number of hydrogen-bond acceptors (Lipinski definition) is 4. The summed E-state index contributed by atoms with van der Waals surface area (Å²) in [5.74, 6) is 0.797. The van der Waals surface area contributed by atoms with E-state index in [1.807, 2.05) is 43.3 Å². The van der Waals surface area contributed by atoms with Crippen molar-refractivity contribution in [1.82, 2.24) is 4.98 Å². The average Bonchev–Trinajstić information content (AvgIpc) is 2.61. The van der Waals surface area contributed by atoms with Crippen LogP contribution in [0.4, 0.5) is 11.5 Å². The second-order valence-corrected chi connectivity index (χ2v) is 6.21. The predicted molar refractivity (Wildman–Crippen MR) is 95.4 cm³/mol. The standard InChI is InChI=1S/C19H23N3O2/c1-21(2)19-16(9-6-11-20-19)22(3)18(23)13-17-15-8-5-4-7-14(15)10-12-24-17/h4-9,11,17H,10,12-13H2,1-3H3. The number of carbonyl (C=O) groups is 1. The van der Waals surface area contributed by atoms with Crippen LogP contribution in [0.5, 0.6) is 0 Å². The van der Waals surface area contributed by atoms with E-state index in [2.05, 4.69) is 17.1 Å². The number of aromatic nitrogens is 1. The van der Waals surface area contributed by atoms with E-state index >= 15 is 0 Å². The van der Waals surface area contributed by atoms with Gasteiger partial charge in [-0.05, 0) is 29.7 Å². The number of amides is 1. The van der Waals surface area contributed by atoms with Crippen LogP contribution in [-0.2, 0) is 16.0 Å². The third-order valence-corrected chi connectivity index (χ3v) is 4.38. The maximum atomic E-state index is 12.8. The van der Waals surface area contributed by atoms with Crippen molar-refractivity contribution in [3.05, 3.63) is 53.7 Å². The Morgan fingerprint density at radius 1 is 1.21 bits per heavy atom. The Morgan fingerprint density at radius 2 is 2.00 bits per heavy atom. The van der Waals surface area contributed by atoms with Crippen molar-refractivity contribution < 1.29 is 9.53 Å². The third kappa shape index (κ3) is 3.26. The molecule has 24 heavy (non-hydrogen) atoms. The summed E-state index contributed by atoms with van der Waals surface area (Å²) in [4.78, 5) is 20.7. The van der Waals surface area contributed by atoms with Gasteiger partial charge in [-0.2, -0.15) is 0 Å². The molecule has 0 bridgehead atoms. The molecule has 1 unspecified atom stereocenters. The van der Waals surface area contributed by atoms with Gasteiger partial charge in [0.25, 0.3) is 0 Å². The Balaban J connectivity index is 1.79. The molecule has 3 rings (SSSR count). The monoisotopic (exact) mass is 325 g/mol. The molecule has 0 aliphatic carbocycles. The Morgan fingerprint density at radius 3 is 2.79 bits per heavy atom. The summed E-state index contributed by atoms with van der Waals surface area (Å²) in [6.07, 6.45) is 2.79. The molecule has 0 N–H and O–H groups in total. The molecular formula is C19H23N3O2. The number of fused-ring (bicyclic) bond motifs is 1. The molecule has 0 fully saturated rings. The molecule has 126 valence electrons. The zero-order chi connectivity index (χ0) is 17.1. The maximum absolute atomic E-state index is 12.8. The van der Waals surface area contributed by atoms with E-state index < -0.39 is 0 Å². The zero-order valence-corrected chi connectivity index (χ0v) is 14.4.